The molecule has 1 fully saturated rings. The minimum Gasteiger partial charge on any atom is -0.462 e. The van der Waals surface area contributed by atoms with Crippen LogP contribution in [-0.4, -0.2) is 96.0 Å². The summed E-state index contributed by atoms with van der Waals surface area (Å²) in [5, 5.41) is 30.9. The van der Waals surface area contributed by atoms with Crippen LogP contribution in [0.5, 0.6) is 0 Å². The largest absolute Gasteiger partial charge is 0.462 e. The van der Waals surface area contributed by atoms with Gasteiger partial charge in [0, 0.05) is 12.8 Å². The van der Waals surface area contributed by atoms with Gasteiger partial charge < -0.3 is 34.3 Å². The second kappa shape index (κ2) is 40.6. The number of aliphatic hydroxyl groups excluding tert-OH is 3. The SMILES string of the molecule is CC/C=C\C/C=C\C/C=C\CCCCCCCC(=O)OC(COC(=O)CCCCCCCCCCC/C=C\C/C=C\CCCCCCC)COC1OC(CS(=O)(=O)O)C(O)C(O)C1O. The molecule has 6 unspecified atom stereocenters. The summed E-state index contributed by atoms with van der Waals surface area (Å²) in [5.74, 6) is -2.01. The summed E-state index contributed by atoms with van der Waals surface area (Å²) in [6.07, 6.45) is 41.2. The third-order valence-electron chi connectivity index (χ3n) is 11.1. The third-order valence-corrected chi connectivity index (χ3v) is 11.8. The van der Waals surface area contributed by atoms with Crippen molar-refractivity contribution in [3.05, 3.63) is 60.8 Å². The molecular formula is C51H88O12S. The molecule has 6 atom stereocenters. The number of hydrogen-bond donors (Lipinski definition) is 4. The van der Waals surface area contributed by atoms with E-state index in [-0.39, 0.29) is 19.4 Å². The summed E-state index contributed by atoms with van der Waals surface area (Å²) < 4.78 is 54.2. The van der Waals surface area contributed by atoms with E-state index in [9.17, 15) is 37.9 Å². The van der Waals surface area contributed by atoms with Crippen molar-refractivity contribution in [2.45, 2.75) is 230 Å². The predicted octanol–water partition coefficient (Wildman–Crippen LogP) is 10.9. The molecule has 0 saturated carbocycles. The van der Waals surface area contributed by atoms with Crippen LogP contribution in [0.1, 0.15) is 194 Å². The normalized spacial score (nSPS) is 20.1. The van der Waals surface area contributed by atoms with Crippen molar-refractivity contribution in [2.24, 2.45) is 0 Å². The molecule has 1 heterocycles. The van der Waals surface area contributed by atoms with E-state index >= 15 is 0 Å². The number of ether oxygens (including phenoxy) is 4. The van der Waals surface area contributed by atoms with Gasteiger partial charge in [0.05, 0.1) is 6.61 Å². The Morgan fingerprint density at radius 1 is 0.547 bits per heavy atom. The third kappa shape index (κ3) is 34.7. The number of esters is 2. The molecule has 0 spiro atoms. The van der Waals surface area contributed by atoms with E-state index in [1.807, 2.05) is 0 Å². The summed E-state index contributed by atoms with van der Waals surface area (Å²) >= 11 is 0. The van der Waals surface area contributed by atoms with Crippen LogP contribution in [0.2, 0.25) is 0 Å². The number of rotatable bonds is 41. The molecule has 0 aliphatic carbocycles. The Balaban J connectivity index is 2.39. The number of carbonyl (C=O) groups excluding carboxylic acids is 2. The lowest BCUT2D eigenvalue weighted by molar-refractivity contribution is -0.297. The van der Waals surface area contributed by atoms with E-state index in [2.05, 4.69) is 74.6 Å². The van der Waals surface area contributed by atoms with E-state index in [0.717, 1.165) is 83.5 Å². The highest BCUT2D eigenvalue weighted by molar-refractivity contribution is 7.85. The Morgan fingerprint density at radius 2 is 0.984 bits per heavy atom. The van der Waals surface area contributed by atoms with Crippen molar-refractivity contribution < 1.29 is 56.8 Å². The average Bonchev–Trinajstić information content (AvgIpc) is 3.26. The molecule has 0 aromatic rings. The number of unbranched alkanes of at least 4 members (excludes halogenated alkanes) is 19. The highest BCUT2D eigenvalue weighted by Gasteiger charge is 2.46. The van der Waals surface area contributed by atoms with Crippen molar-refractivity contribution in [3.8, 4) is 0 Å². The average molecular weight is 925 g/mol. The van der Waals surface area contributed by atoms with E-state index in [4.69, 9.17) is 18.9 Å². The van der Waals surface area contributed by atoms with Gasteiger partial charge in [-0.15, -0.1) is 0 Å². The molecule has 1 aliphatic heterocycles. The fraction of sp³-hybridized carbons (Fsp3) is 0.765. The quantitative estimate of drug-likeness (QED) is 0.0197. The lowest BCUT2D eigenvalue weighted by Gasteiger charge is -2.40. The molecule has 0 radical (unpaired) electrons. The van der Waals surface area contributed by atoms with Crippen LogP contribution < -0.4 is 0 Å². The molecule has 1 rings (SSSR count). The monoisotopic (exact) mass is 925 g/mol. The van der Waals surface area contributed by atoms with Gasteiger partial charge in [0.1, 0.15) is 36.8 Å². The first kappa shape index (κ1) is 59.4. The summed E-state index contributed by atoms with van der Waals surface area (Å²) in [7, 11) is -4.61. The highest BCUT2D eigenvalue weighted by atomic mass is 32.2. The van der Waals surface area contributed by atoms with Crippen molar-refractivity contribution in [1.82, 2.24) is 0 Å². The molecule has 1 aliphatic rings. The standard InChI is InChI=1S/C51H88O12S/c1-3-5-7-9-11-13-15-17-19-20-21-22-23-24-26-27-29-31-33-35-37-39-46(52)60-41-44(42-61-51-50(56)49(55)48(54)45(63-51)43-64(57,58)59)62-47(53)40-38-36-34-32-30-28-25-18-16-14-12-10-8-6-4-2/h6,8,12,14-15,17-18,20-21,25,44-45,48-51,54-56H,3-5,7,9-11,13,16,19,22-24,26-43H2,1-2H3,(H,57,58,59)/b8-6-,14-12-,17-15-,21-20-,25-18-. The first-order chi connectivity index (χ1) is 31.0. The second-order valence-electron chi connectivity index (χ2n) is 17.1. The molecule has 4 N–H and O–H groups in total. The minimum absolute atomic E-state index is 0.142. The zero-order valence-electron chi connectivity index (χ0n) is 39.6. The van der Waals surface area contributed by atoms with Gasteiger partial charge in [-0.1, -0.05) is 164 Å². The van der Waals surface area contributed by atoms with Gasteiger partial charge in [0.25, 0.3) is 10.1 Å². The maximum Gasteiger partial charge on any atom is 0.306 e. The van der Waals surface area contributed by atoms with Crippen LogP contribution in [0.25, 0.3) is 0 Å². The maximum atomic E-state index is 12.8. The van der Waals surface area contributed by atoms with Gasteiger partial charge in [0.15, 0.2) is 12.4 Å². The van der Waals surface area contributed by atoms with Gasteiger partial charge in [0.2, 0.25) is 0 Å². The zero-order valence-corrected chi connectivity index (χ0v) is 40.4. The molecule has 1 saturated heterocycles. The van der Waals surface area contributed by atoms with Gasteiger partial charge in [-0.25, -0.2) is 0 Å². The Bertz CT molecular complexity index is 1410. The Morgan fingerprint density at radius 3 is 1.47 bits per heavy atom. The molecule has 370 valence electrons. The molecule has 0 bridgehead atoms. The maximum absolute atomic E-state index is 12.8. The van der Waals surface area contributed by atoms with Crippen LogP contribution in [0.4, 0.5) is 0 Å². The topological polar surface area (TPSA) is 186 Å². The number of aliphatic hydroxyl groups is 3. The molecule has 64 heavy (non-hydrogen) atoms. The first-order valence-corrected chi connectivity index (χ1v) is 26.5. The molecule has 0 aromatic heterocycles. The Kier molecular flexibility index (Phi) is 37.7. The molecule has 0 aromatic carbocycles. The fourth-order valence-electron chi connectivity index (χ4n) is 7.25. The van der Waals surface area contributed by atoms with Crippen molar-refractivity contribution >= 4 is 22.1 Å². The van der Waals surface area contributed by atoms with Crippen molar-refractivity contribution in [2.75, 3.05) is 19.0 Å². The van der Waals surface area contributed by atoms with E-state index in [1.165, 1.54) is 70.6 Å². The van der Waals surface area contributed by atoms with Crippen LogP contribution in [0.15, 0.2) is 60.8 Å². The minimum atomic E-state index is -4.61. The molecule has 12 nitrogen and oxygen atoms in total. The Labute approximate surface area is 387 Å². The summed E-state index contributed by atoms with van der Waals surface area (Å²) in [4.78, 5) is 25.5. The number of carbonyl (C=O) groups is 2. The highest BCUT2D eigenvalue weighted by Crippen LogP contribution is 2.24. The molecule has 13 heteroatoms. The van der Waals surface area contributed by atoms with Crippen molar-refractivity contribution in [1.29, 1.82) is 0 Å². The number of hydrogen-bond acceptors (Lipinski definition) is 11. The van der Waals surface area contributed by atoms with Gasteiger partial charge in [-0.3, -0.25) is 14.1 Å². The first-order valence-electron chi connectivity index (χ1n) is 24.8. The van der Waals surface area contributed by atoms with Crippen LogP contribution in [0.3, 0.4) is 0 Å². The lowest BCUT2D eigenvalue weighted by Crippen LogP contribution is -2.60. The van der Waals surface area contributed by atoms with E-state index in [0.29, 0.717) is 12.8 Å². The van der Waals surface area contributed by atoms with E-state index < -0.39 is 71.2 Å². The van der Waals surface area contributed by atoms with Crippen molar-refractivity contribution in [3.63, 3.8) is 0 Å². The summed E-state index contributed by atoms with van der Waals surface area (Å²) in [6, 6.07) is 0. The van der Waals surface area contributed by atoms with Crippen LogP contribution in [-0.2, 0) is 38.7 Å². The van der Waals surface area contributed by atoms with Crippen LogP contribution >= 0.6 is 0 Å². The molecule has 0 amide bonds. The second-order valence-corrected chi connectivity index (χ2v) is 18.6. The van der Waals surface area contributed by atoms with E-state index in [1.54, 1.807) is 0 Å². The molecular weight excluding hydrogens is 837 g/mol. The van der Waals surface area contributed by atoms with Gasteiger partial charge >= 0.3 is 11.9 Å². The number of allylic oxidation sites excluding steroid dienone is 10. The fourth-order valence-corrected chi connectivity index (χ4v) is 7.94. The van der Waals surface area contributed by atoms with Gasteiger partial charge in [-0.2, -0.15) is 8.42 Å². The lowest BCUT2D eigenvalue weighted by atomic mass is 10.00. The van der Waals surface area contributed by atoms with Gasteiger partial charge in [-0.05, 0) is 77.0 Å². The smallest absolute Gasteiger partial charge is 0.306 e. The van der Waals surface area contributed by atoms with Crippen LogP contribution in [0, 0.1) is 0 Å². The predicted molar refractivity (Wildman–Crippen MR) is 256 cm³/mol. The zero-order chi connectivity index (χ0) is 46.9. The summed E-state index contributed by atoms with van der Waals surface area (Å²) in [5.41, 5.74) is 0. The Hall–Kier alpha value is -2.65. The summed E-state index contributed by atoms with van der Waals surface area (Å²) in [6.45, 7) is 3.63.